The molecule has 1 aliphatic heterocycles. The Morgan fingerprint density at radius 2 is 2.13 bits per heavy atom. The second-order valence-electron chi connectivity index (χ2n) is 7.27. The average molecular weight is 330 g/mol. The van der Waals surface area contributed by atoms with E-state index in [4.69, 9.17) is 4.42 Å². The normalized spacial score (nSPS) is 24.2. The van der Waals surface area contributed by atoms with Crippen molar-refractivity contribution in [2.24, 2.45) is 5.41 Å². The fraction of sp³-hybridized carbons (Fsp3) is 0.579. The lowest BCUT2D eigenvalue weighted by atomic mass is 9.59. The zero-order chi connectivity index (χ0) is 15.7. The van der Waals surface area contributed by atoms with E-state index in [1.807, 2.05) is 17.4 Å². The first-order chi connectivity index (χ1) is 11.3. The molecule has 23 heavy (non-hydrogen) atoms. The summed E-state index contributed by atoms with van der Waals surface area (Å²) in [6.45, 7) is 4.59. The summed E-state index contributed by atoms with van der Waals surface area (Å²) in [6.07, 6.45) is 7.25. The molecule has 1 aliphatic carbocycles. The van der Waals surface area contributed by atoms with Crippen molar-refractivity contribution in [3.8, 4) is 0 Å². The van der Waals surface area contributed by atoms with Crippen molar-refractivity contribution in [3.05, 3.63) is 46.5 Å². The maximum Gasteiger partial charge on any atom is 0.117 e. The first kappa shape index (κ1) is 15.4. The highest BCUT2D eigenvalue weighted by atomic mass is 32.1. The minimum atomic E-state index is 0.563. The minimum absolute atomic E-state index is 0.563. The van der Waals surface area contributed by atoms with E-state index in [-0.39, 0.29) is 0 Å². The third-order valence-corrected chi connectivity index (χ3v) is 6.81. The molecular formula is C19H26N2OS. The summed E-state index contributed by atoms with van der Waals surface area (Å²) in [7, 11) is 2.27. The van der Waals surface area contributed by atoms with Crippen molar-refractivity contribution in [2.45, 2.75) is 44.8 Å². The molecule has 1 spiro atoms. The second kappa shape index (κ2) is 6.42. The predicted molar refractivity (Wildman–Crippen MR) is 94.5 cm³/mol. The van der Waals surface area contributed by atoms with Crippen molar-refractivity contribution in [1.29, 1.82) is 0 Å². The molecule has 2 fully saturated rings. The Labute approximate surface area is 142 Å². The van der Waals surface area contributed by atoms with E-state index < -0.39 is 0 Å². The zero-order valence-corrected chi connectivity index (χ0v) is 14.7. The van der Waals surface area contributed by atoms with Gasteiger partial charge < -0.3 is 4.42 Å². The van der Waals surface area contributed by atoms with Gasteiger partial charge in [0.15, 0.2) is 0 Å². The Kier molecular flexibility index (Phi) is 4.31. The first-order valence-electron chi connectivity index (χ1n) is 8.73. The van der Waals surface area contributed by atoms with Gasteiger partial charge in [-0.1, -0.05) is 6.07 Å². The molecule has 0 aromatic carbocycles. The van der Waals surface area contributed by atoms with Crippen LogP contribution >= 0.6 is 11.3 Å². The van der Waals surface area contributed by atoms with E-state index in [1.165, 1.54) is 43.6 Å². The van der Waals surface area contributed by atoms with Crippen LogP contribution in [0.5, 0.6) is 0 Å². The topological polar surface area (TPSA) is 19.6 Å². The summed E-state index contributed by atoms with van der Waals surface area (Å²) < 4.78 is 5.53. The van der Waals surface area contributed by atoms with Gasteiger partial charge in [0.1, 0.15) is 5.76 Å². The van der Waals surface area contributed by atoms with Crippen molar-refractivity contribution < 1.29 is 4.42 Å². The molecule has 2 aliphatic rings. The summed E-state index contributed by atoms with van der Waals surface area (Å²) in [5.74, 6) is 1.09. The van der Waals surface area contributed by atoms with Gasteiger partial charge in [0.05, 0.1) is 12.8 Å². The Morgan fingerprint density at radius 1 is 1.26 bits per heavy atom. The Morgan fingerprint density at radius 3 is 2.74 bits per heavy atom. The third-order valence-electron chi connectivity index (χ3n) is 5.95. The molecular weight excluding hydrogens is 304 g/mol. The monoisotopic (exact) mass is 330 g/mol. The van der Waals surface area contributed by atoms with E-state index in [0.29, 0.717) is 5.41 Å². The highest BCUT2D eigenvalue weighted by molar-refractivity contribution is 7.09. The molecule has 0 unspecified atom stereocenters. The molecule has 2 aromatic heterocycles. The molecule has 4 rings (SSSR count). The van der Waals surface area contributed by atoms with E-state index in [9.17, 15) is 0 Å². The van der Waals surface area contributed by atoms with Crippen LogP contribution in [0.3, 0.4) is 0 Å². The summed E-state index contributed by atoms with van der Waals surface area (Å²) in [5.41, 5.74) is 0.563. The van der Waals surface area contributed by atoms with E-state index in [2.05, 4.69) is 40.4 Å². The number of nitrogens with zero attached hydrogens (tertiary/aromatic N) is 2. The molecule has 2 aromatic rings. The molecule has 1 saturated carbocycles. The number of rotatable bonds is 5. The number of thiophene rings is 1. The first-order valence-corrected chi connectivity index (χ1v) is 9.61. The molecule has 3 nitrogen and oxygen atoms in total. The SMILES string of the molecule is CN(Cc1ccco1)[C@H]1CCC12CCN(Cc1cccs1)CC2. The molecule has 3 heterocycles. The second-order valence-corrected chi connectivity index (χ2v) is 8.30. The van der Waals surface area contributed by atoms with E-state index in [1.54, 1.807) is 6.26 Å². The van der Waals surface area contributed by atoms with Crippen molar-refractivity contribution in [1.82, 2.24) is 9.80 Å². The van der Waals surface area contributed by atoms with Gasteiger partial charge >= 0.3 is 0 Å². The van der Waals surface area contributed by atoms with Crippen LogP contribution in [0.25, 0.3) is 0 Å². The molecule has 124 valence electrons. The van der Waals surface area contributed by atoms with Crippen LogP contribution in [0.4, 0.5) is 0 Å². The molecule has 1 saturated heterocycles. The van der Waals surface area contributed by atoms with Crippen LogP contribution in [-0.4, -0.2) is 36.0 Å². The number of hydrogen-bond acceptors (Lipinski definition) is 4. The fourth-order valence-electron chi connectivity index (χ4n) is 4.49. The fourth-order valence-corrected chi connectivity index (χ4v) is 5.24. The van der Waals surface area contributed by atoms with Crippen LogP contribution in [0.1, 0.15) is 36.3 Å². The van der Waals surface area contributed by atoms with Gasteiger partial charge in [-0.2, -0.15) is 0 Å². The average Bonchev–Trinajstić information content (AvgIpc) is 3.21. The molecule has 0 N–H and O–H groups in total. The quantitative estimate of drug-likeness (QED) is 0.818. The summed E-state index contributed by atoms with van der Waals surface area (Å²) >= 11 is 1.88. The lowest BCUT2D eigenvalue weighted by Crippen LogP contribution is -2.57. The Bertz CT molecular complexity index is 599. The van der Waals surface area contributed by atoms with Gasteiger partial charge in [0.2, 0.25) is 0 Å². The molecule has 1 atom stereocenters. The minimum Gasteiger partial charge on any atom is -0.468 e. The van der Waals surface area contributed by atoms with Crippen LogP contribution in [0.15, 0.2) is 40.3 Å². The summed E-state index contributed by atoms with van der Waals surface area (Å²) in [4.78, 5) is 6.66. The lowest BCUT2D eigenvalue weighted by molar-refractivity contribution is -0.0647. The van der Waals surface area contributed by atoms with Gasteiger partial charge in [-0.05, 0) is 74.8 Å². The van der Waals surface area contributed by atoms with Crippen molar-refractivity contribution >= 4 is 11.3 Å². The van der Waals surface area contributed by atoms with Crippen LogP contribution < -0.4 is 0 Å². The maximum atomic E-state index is 5.53. The number of hydrogen-bond donors (Lipinski definition) is 0. The molecule has 0 radical (unpaired) electrons. The van der Waals surface area contributed by atoms with Crippen LogP contribution in [0, 0.1) is 5.41 Å². The smallest absolute Gasteiger partial charge is 0.117 e. The summed E-state index contributed by atoms with van der Waals surface area (Å²) in [5, 5.41) is 2.19. The van der Waals surface area contributed by atoms with Gasteiger partial charge in [-0.3, -0.25) is 9.80 Å². The van der Waals surface area contributed by atoms with Gasteiger partial charge in [0.25, 0.3) is 0 Å². The highest BCUT2D eigenvalue weighted by Gasteiger charge is 2.49. The largest absolute Gasteiger partial charge is 0.468 e. The Hall–Kier alpha value is -1.10. The number of furan rings is 1. The molecule has 0 bridgehead atoms. The maximum absolute atomic E-state index is 5.53. The van der Waals surface area contributed by atoms with Crippen molar-refractivity contribution in [3.63, 3.8) is 0 Å². The number of likely N-dealkylation sites (tertiary alicyclic amines) is 1. The zero-order valence-electron chi connectivity index (χ0n) is 13.9. The predicted octanol–water partition coefficient (Wildman–Crippen LogP) is 4.22. The lowest BCUT2D eigenvalue weighted by Gasteiger charge is -2.57. The van der Waals surface area contributed by atoms with Gasteiger partial charge in [-0.25, -0.2) is 0 Å². The van der Waals surface area contributed by atoms with Gasteiger partial charge in [0, 0.05) is 17.5 Å². The highest BCUT2D eigenvalue weighted by Crippen LogP contribution is 2.51. The third kappa shape index (κ3) is 3.12. The van der Waals surface area contributed by atoms with E-state index >= 15 is 0 Å². The number of piperidine rings is 1. The van der Waals surface area contributed by atoms with Crippen LogP contribution in [0.2, 0.25) is 0 Å². The molecule has 4 heteroatoms. The van der Waals surface area contributed by atoms with Crippen molar-refractivity contribution in [2.75, 3.05) is 20.1 Å². The standard InChI is InChI=1S/C19H26N2OS/c1-20(14-16-4-2-12-22-16)18-6-7-19(18)8-10-21(11-9-19)15-17-5-3-13-23-17/h2-5,12-13,18H,6-11,14-15H2,1H3/t18-/m0/s1. The van der Waals surface area contributed by atoms with Gasteiger partial charge in [-0.15, -0.1) is 11.3 Å². The van der Waals surface area contributed by atoms with E-state index in [0.717, 1.165) is 24.9 Å². The summed E-state index contributed by atoms with van der Waals surface area (Å²) in [6, 6.07) is 9.24. The van der Waals surface area contributed by atoms with Crippen LogP contribution in [-0.2, 0) is 13.1 Å². The molecule has 0 amide bonds. The Balaban J connectivity index is 1.33.